The average molecular weight is 512 g/mol. The van der Waals surface area contributed by atoms with Crippen molar-refractivity contribution in [1.82, 2.24) is 15.2 Å². The number of ether oxygens (including phenoxy) is 2. The van der Waals surface area contributed by atoms with Crippen LogP contribution >= 0.6 is 0 Å². The van der Waals surface area contributed by atoms with E-state index in [1.165, 1.54) is 6.92 Å². The summed E-state index contributed by atoms with van der Waals surface area (Å²) in [6.45, 7) is 7.30. The second kappa shape index (κ2) is 16.3. The molecule has 4 rings (SSSR count). The molecule has 1 aromatic carbocycles. The number of pyridine rings is 1. The summed E-state index contributed by atoms with van der Waals surface area (Å²) in [5.41, 5.74) is 4.30. The minimum Gasteiger partial charge on any atom is -0.442 e. The number of carbonyl (C=O) groups excluding carboxylic acids is 2. The number of aromatic nitrogens is 1. The van der Waals surface area contributed by atoms with Gasteiger partial charge < -0.3 is 14.8 Å². The molecule has 2 amide bonds. The molecule has 200 valence electrons. The Bertz CT molecular complexity index is 1030. The lowest BCUT2D eigenvalue weighted by Gasteiger charge is -2.21. The number of hydrogen-bond acceptors (Lipinski definition) is 5. The van der Waals surface area contributed by atoms with Gasteiger partial charge in [-0.3, -0.25) is 19.1 Å². The molecule has 2 atom stereocenters. The van der Waals surface area contributed by atoms with E-state index in [1.54, 1.807) is 11.1 Å². The maximum Gasteiger partial charge on any atom is 0.410 e. The van der Waals surface area contributed by atoms with Crippen LogP contribution in [0.2, 0.25) is 0 Å². The Morgan fingerprint density at radius 1 is 1.16 bits per heavy atom. The van der Waals surface area contributed by atoms with Gasteiger partial charge in [-0.2, -0.15) is 0 Å². The molecular weight excluding hydrogens is 473 g/mol. The van der Waals surface area contributed by atoms with Gasteiger partial charge in [0.1, 0.15) is 6.10 Å². The van der Waals surface area contributed by atoms with Crippen LogP contribution in [0, 0.1) is 0 Å². The summed E-state index contributed by atoms with van der Waals surface area (Å²) >= 11 is 0. The highest BCUT2D eigenvalue weighted by Crippen LogP contribution is 2.26. The highest BCUT2D eigenvalue weighted by atomic mass is 19.1. The van der Waals surface area contributed by atoms with Crippen LogP contribution in [0.15, 0.2) is 66.9 Å². The number of nitrogens with one attached hydrogen (secondary N) is 1. The Morgan fingerprint density at radius 2 is 1.92 bits per heavy atom. The summed E-state index contributed by atoms with van der Waals surface area (Å²) in [7, 11) is 0.500. The molecule has 1 aliphatic carbocycles. The first-order valence-corrected chi connectivity index (χ1v) is 12.6. The van der Waals surface area contributed by atoms with Crippen LogP contribution in [0.5, 0.6) is 0 Å². The van der Waals surface area contributed by atoms with Crippen molar-refractivity contribution in [1.29, 1.82) is 0 Å². The zero-order valence-corrected chi connectivity index (χ0v) is 22.2. The highest BCUT2D eigenvalue weighted by Gasteiger charge is 2.35. The number of amides is 2. The summed E-state index contributed by atoms with van der Waals surface area (Å²) in [5, 5.41) is 2.71. The van der Waals surface area contributed by atoms with Crippen LogP contribution in [0.4, 0.5) is 9.18 Å². The Kier molecular flexibility index (Phi) is 13.1. The SMILES string of the molecule is CC.CC(=O)NCC1CN(C2C=CC(c3ccc(COCc4ccccn4)cc3)=CCC2)C(=O)O1.CF. The fourth-order valence-corrected chi connectivity index (χ4v) is 3.99. The Hall–Kier alpha value is -3.52. The summed E-state index contributed by atoms with van der Waals surface area (Å²) in [6, 6.07) is 14.1. The minimum atomic E-state index is -0.321. The van der Waals surface area contributed by atoms with Crippen LogP contribution in [0.1, 0.15) is 50.4 Å². The first-order valence-electron chi connectivity index (χ1n) is 12.6. The van der Waals surface area contributed by atoms with Crippen molar-refractivity contribution in [2.75, 3.05) is 20.3 Å². The van der Waals surface area contributed by atoms with Crippen LogP contribution in [-0.4, -0.2) is 54.3 Å². The Balaban J connectivity index is 0.00000115. The molecule has 37 heavy (non-hydrogen) atoms. The molecule has 2 heterocycles. The van der Waals surface area contributed by atoms with E-state index < -0.39 is 0 Å². The van der Waals surface area contributed by atoms with Crippen LogP contribution < -0.4 is 5.32 Å². The maximum atomic E-state index is 12.3. The van der Waals surface area contributed by atoms with E-state index in [9.17, 15) is 14.0 Å². The van der Waals surface area contributed by atoms with Gasteiger partial charge in [-0.05, 0) is 41.7 Å². The number of hydrogen-bond donors (Lipinski definition) is 1. The van der Waals surface area contributed by atoms with Gasteiger partial charge in [-0.15, -0.1) is 0 Å². The predicted octanol–water partition coefficient (Wildman–Crippen LogP) is 5.47. The lowest BCUT2D eigenvalue weighted by atomic mass is 10.0. The van der Waals surface area contributed by atoms with Gasteiger partial charge in [0.2, 0.25) is 5.91 Å². The predicted molar refractivity (Wildman–Crippen MR) is 143 cm³/mol. The smallest absolute Gasteiger partial charge is 0.410 e. The molecular formula is C29H38FN3O4. The van der Waals surface area contributed by atoms with Crippen LogP contribution in [-0.2, 0) is 27.5 Å². The van der Waals surface area contributed by atoms with Gasteiger partial charge in [0.15, 0.2) is 0 Å². The quantitative estimate of drug-likeness (QED) is 0.508. The molecule has 2 unspecified atom stereocenters. The molecule has 1 aliphatic heterocycles. The van der Waals surface area contributed by atoms with Crippen molar-refractivity contribution >= 4 is 17.6 Å². The van der Waals surface area contributed by atoms with Crippen molar-refractivity contribution in [3.05, 3.63) is 83.7 Å². The van der Waals surface area contributed by atoms with Crippen LogP contribution in [0.25, 0.3) is 5.57 Å². The minimum absolute atomic E-state index is 0.0205. The second-order valence-electron chi connectivity index (χ2n) is 8.27. The van der Waals surface area contributed by atoms with Gasteiger partial charge in [0.05, 0.1) is 45.2 Å². The van der Waals surface area contributed by atoms with E-state index in [1.807, 2.05) is 32.0 Å². The van der Waals surface area contributed by atoms with E-state index in [2.05, 4.69) is 52.8 Å². The van der Waals surface area contributed by atoms with E-state index >= 15 is 0 Å². The standard InChI is InChI=1S/C26H29N3O4.C2H6.CH3F/c1-19(30)28-15-25-16-29(26(31)33-25)24-7-4-5-21(12-13-24)22-10-8-20(9-11-22)17-32-18-23-6-2-3-14-27-23;2*1-2/h2-3,5-6,8-14,24-25H,4,7,15-18H2,1H3,(H,28,30);1-2H3;1H3. The average Bonchev–Trinajstić information content (AvgIpc) is 3.14. The fourth-order valence-electron chi connectivity index (χ4n) is 3.99. The number of alkyl halides is 1. The molecule has 1 aromatic heterocycles. The van der Waals surface area contributed by atoms with Crippen molar-refractivity contribution in [3.8, 4) is 0 Å². The number of nitrogens with zero attached hydrogens (tertiary/aromatic N) is 2. The first-order chi connectivity index (χ1) is 18.1. The molecule has 2 aliphatic rings. The van der Waals surface area contributed by atoms with Crippen LogP contribution in [0.3, 0.4) is 0 Å². The molecule has 7 nitrogen and oxygen atoms in total. The number of rotatable bonds is 8. The first kappa shape index (κ1) is 29.7. The lowest BCUT2D eigenvalue weighted by molar-refractivity contribution is -0.119. The summed E-state index contributed by atoms with van der Waals surface area (Å²) < 4.78 is 20.7. The highest BCUT2D eigenvalue weighted by molar-refractivity contribution is 5.76. The fraction of sp³-hybridized carbons (Fsp3) is 0.414. The van der Waals surface area contributed by atoms with Gasteiger partial charge in [-0.25, -0.2) is 4.79 Å². The zero-order valence-electron chi connectivity index (χ0n) is 22.2. The largest absolute Gasteiger partial charge is 0.442 e. The molecule has 1 N–H and O–H groups in total. The number of allylic oxidation sites excluding steroid dienone is 3. The molecule has 0 bridgehead atoms. The monoisotopic (exact) mass is 511 g/mol. The summed E-state index contributed by atoms with van der Waals surface area (Å²) in [5.74, 6) is -0.126. The van der Waals surface area contributed by atoms with Gasteiger partial charge >= 0.3 is 6.09 Å². The summed E-state index contributed by atoms with van der Waals surface area (Å²) in [4.78, 5) is 29.5. The van der Waals surface area contributed by atoms with E-state index in [4.69, 9.17) is 9.47 Å². The third-order valence-corrected chi connectivity index (χ3v) is 5.74. The molecule has 0 radical (unpaired) electrons. The summed E-state index contributed by atoms with van der Waals surface area (Å²) in [6.07, 6.45) is 9.20. The second-order valence-corrected chi connectivity index (χ2v) is 8.27. The van der Waals surface area contributed by atoms with Gasteiger partial charge in [-0.1, -0.05) is 62.4 Å². The normalized spacial score (nSPS) is 18.4. The van der Waals surface area contributed by atoms with Crippen molar-refractivity contribution in [2.45, 2.75) is 59.0 Å². The third kappa shape index (κ3) is 9.46. The number of cyclic esters (lactones) is 1. The number of benzene rings is 1. The van der Waals surface area contributed by atoms with Crippen molar-refractivity contribution in [3.63, 3.8) is 0 Å². The van der Waals surface area contributed by atoms with E-state index in [0.29, 0.717) is 33.5 Å². The Labute approximate surface area is 219 Å². The van der Waals surface area contributed by atoms with Crippen molar-refractivity contribution < 1.29 is 23.5 Å². The van der Waals surface area contributed by atoms with Gasteiger partial charge in [0.25, 0.3) is 0 Å². The molecule has 0 spiro atoms. The third-order valence-electron chi connectivity index (χ3n) is 5.74. The maximum absolute atomic E-state index is 12.3. The van der Waals surface area contributed by atoms with Crippen molar-refractivity contribution in [2.24, 2.45) is 0 Å². The van der Waals surface area contributed by atoms with E-state index in [-0.39, 0.29) is 24.1 Å². The zero-order chi connectivity index (χ0) is 27.0. The Morgan fingerprint density at radius 3 is 2.59 bits per heavy atom. The lowest BCUT2D eigenvalue weighted by Crippen LogP contribution is -2.37. The number of carbonyl (C=O) groups is 2. The number of halogens is 1. The topological polar surface area (TPSA) is 80.8 Å². The molecule has 0 saturated carbocycles. The van der Waals surface area contributed by atoms with Gasteiger partial charge in [0, 0.05) is 13.1 Å². The van der Waals surface area contributed by atoms with E-state index in [0.717, 1.165) is 35.2 Å². The molecule has 8 heteroatoms. The molecule has 1 saturated heterocycles. The molecule has 1 fully saturated rings. The molecule has 2 aromatic rings.